The fraction of sp³-hybridized carbons (Fsp3) is 0.500. The summed E-state index contributed by atoms with van der Waals surface area (Å²) in [5.41, 5.74) is 5.77. The number of allylic oxidation sites excluding steroid dienone is 1. The Labute approximate surface area is 189 Å². The molecule has 174 valence electrons. The molecule has 0 amide bonds. The van der Waals surface area contributed by atoms with Crippen molar-refractivity contribution in [3.8, 4) is 5.75 Å². The molecule has 1 aliphatic rings. The first kappa shape index (κ1) is 28.8. The predicted molar refractivity (Wildman–Crippen MR) is 133 cm³/mol. The van der Waals surface area contributed by atoms with Crippen molar-refractivity contribution in [3.05, 3.63) is 35.3 Å². The molecule has 1 aromatic rings. The molecule has 9 heteroatoms. The van der Waals surface area contributed by atoms with E-state index in [4.69, 9.17) is 22.0 Å². The average Bonchev–Trinajstić information content (AvgIpc) is 2.61. The standard InChI is InChI=1S/C19H27FN4OS.C2H7N.CH3N/c1-18(2)7-13(8-19(3,4)24-18)26-17(23)16-14(20)5-11(6-15(16)25)12(9-21)10-22;1-3-2;1-2/h5-6,9-10,13,21,23-25H,7-8,22H2,1-4H3;3H,1-2H3;2H,1H2/b12-10+,21-9?,23-17?;;. The molecule has 2 rings (SSSR count). The maximum absolute atomic E-state index is 14.6. The summed E-state index contributed by atoms with van der Waals surface area (Å²) in [6.07, 6.45) is 3.86. The van der Waals surface area contributed by atoms with Gasteiger partial charge in [0.25, 0.3) is 0 Å². The lowest BCUT2D eigenvalue weighted by Crippen LogP contribution is -2.58. The summed E-state index contributed by atoms with van der Waals surface area (Å²) < 4.78 is 14.6. The van der Waals surface area contributed by atoms with Crippen LogP contribution in [0.2, 0.25) is 0 Å². The lowest BCUT2D eigenvalue weighted by molar-refractivity contribution is 0.189. The molecule has 0 unspecified atom stereocenters. The molecule has 0 saturated carbocycles. The molecule has 0 bridgehead atoms. The van der Waals surface area contributed by atoms with E-state index >= 15 is 0 Å². The molecule has 0 aliphatic carbocycles. The number of phenolic OH excluding ortho intramolecular Hbond substituents is 1. The summed E-state index contributed by atoms with van der Waals surface area (Å²) in [7, 11) is 3.75. The molecule has 1 heterocycles. The van der Waals surface area contributed by atoms with Crippen LogP contribution in [0.1, 0.15) is 51.7 Å². The number of halogens is 1. The Hall–Kier alpha value is -2.23. The van der Waals surface area contributed by atoms with E-state index in [9.17, 15) is 9.50 Å². The van der Waals surface area contributed by atoms with Crippen molar-refractivity contribution < 1.29 is 9.50 Å². The highest BCUT2D eigenvalue weighted by atomic mass is 32.2. The molecule has 7 nitrogen and oxygen atoms in total. The molecular formula is C22H37FN6OS. The van der Waals surface area contributed by atoms with Gasteiger partial charge in [0.2, 0.25) is 0 Å². The summed E-state index contributed by atoms with van der Waals surface area (Å²) in [6.45, 7) is 11.0. The fourth-order valence-corrected chi connectivity index (χ4v) is 5.40. The van der Waals surface area contributed by atoms with Crippen LogP contribution >= 0.6 is 11.8 Å². The maximum Gasteiger partial charge on any atom is 0.137 e. The van der Waals surface area contributed by atoms with E-state index in [1.54, 1.807) is 0 Å². The lowest BCUT2D eigenvalue weighted by atomic mass is 9.82. The Morgan fingerprint density at radius 2 is 1.74 bits per heavy atom. The van der Waals surface area contributed by atoms with Gasteiger partial charge >= 0.3 is 0 Å². The zero-order chi connectivity index (χ0) is 24.4. The number of nitrogens with two attached hydrogens (primary N) is 1. The smallest absolute Gasteiger partial charge is 0.137 e. The lowest BCUT2D eigenvalue weighted by Gasteiger charge is -2.46. The summed E-state index contributed by atoms with van der Waals surface area (Å²) >= 11 is 1.29. The Kier molecular flexibility index (Phi) is 11.7. The Bertz CT molecular complexity index is 755. The highest BCUT2D eigenvalue weighted by Crippen LogP contribution is 2.38. The van der Waals surface area contributed by atoms with E-state index < -0.39 is 5.82 Å². The van der Waals surface area contributed by atoms with Crippen LogP contribution in [0.25, 0.3) is 5.57 Å². The molecule has 1 fully saturated rings. The van der Waals surface area contributed by atoms with Gasteiger partial charge in [0, 0.05) is 34.3 Å². The topological polar surface area (TPSA) is 142 Å². The third kappa shape index (κ3) is 8.80. The van der Waals surface area contributed by atoms with Crippen LogP contribution in [0.4, 0.5) is 4.39 Å². The first-order chi connectivity index (χ1) is 14.4. The molecule has 8 N–H and O–H groups in total. The highest BCUT2D eigenvalue weighted by Gasteiger charge is 2.38. The summed E-state index contributed by atoms with van der Waals surface area (Å²) in [6, 6.07) is 2.54. The van der Waals surface area contributed by atoms with Gasteiger partial charge in [0.15, 0.2) is 0 Å². The van der Waals surface area contributed by atoms with Gasteiger partial charge in [0.05, 0.1) is 5.56 Å². The van der Waals surface area contributed by atoms with Gasteiger partial charge in [0.1, 0.15) is 16.6 Å². The minimum absolute atomic E-state index is 0.0122. The van der Waals surface area contributed by atoms with Crippen LogP contribution in [0, 0.1) is 22.0 Å². The van der Waals surface area contributed by atoms with Crippen LogP contribution in [0.3, 0.4) is 0 Å². The van der Waals surface area contributed by atoms with E-state index in [0.717, 1.165) is 19.1 Å². The monoisotopic (exact) mass is 452 g/mol. The predicted octanol–water partition coefficient (Wildman–Crippen LogP) is 3.95. The second-order valence-electron chi connectivity index (χ2n) is 8.49. The van der Waals surface area contributed by atoms with Gasteiger partial charge in [-0.3, -0.25) is 5.41 Å². The minimum Gasteiger partial charge on any atom is -0.507 e. The summed E-state index contributed by atoms with van der Waals surface area (Å²) in [5.74, 6) is -1.00. The second-order valence-corrected chi connectivity index (χ2v) is 9.80. The van der Waals surface area contributed by atoms with Gasteiger partial charge in [-0.25, -0.2) is 4.39 Å². The number of aromatic hydroxyl groups is 1. The number of nitrogens with one attached hydrogen (secondary N) is 5. The van der Waals surface area contributed by atoms with Gasteiger partial charge in [-0.05, 0) is 79.0 Å². The second kappa shape index (κ2) is 12.6. The van der Waals surface area contributed by atoms with Crippen LogP contribution in [0.15, 0.2) is 18.3 Å². The zero-order valence-corrected chi connectivity index (χ0v) is 20.1. The summed E-state index contributed by atoms with van der Waals surface area (Å²) in [5, 5.41) is 37.9. The molecule has 0 radical (unpaired) electrons. The molecule has 31 heavy (non-hydrogen) atoms. The van der Waals surface area contributed by atoms with E-state index in [1.165, 1.54) is 30.1 Å². The molecule has 1 aliphatic heterocycles. The number of piperidine rings is 1. The first-order valence-electron chi connectivity index (χ1n) is 9.83. The molecule has 0 atom stereocenters. The number of hydrogen-bond acceptors (Lipinski definition) is 8. The van der Waals surface area contributed by atoms with Crippen LogP contribution in [-0.4, -0.2) is 53.5 Å². The normalized spacial score (nSPS) is 17.5. The van der Waals surface area contributed by atoms with E-state index in [2.05, 4.69) is 45.0 Å². The van der Waals surface area contributed by atoms with Gasteiger partial charge < -0.3 is 32.3 Å². The molecule has 1 aromatic carbocycles. The third-order valence-electron chi connectivity index (χ3n) is 4.40. The van der Waals surface area contributed by atoms with Gasteiger partial charge in [-0.2, -0.15) is 0 Å². The minimum atomic E-state index is -0.689. The molecular weight excluding hydrogens is 415 g/mol. The third-order valence-corrected chi connectivity index (χ3v) is 5.51. The van der Waals surface area contributed by atoms with E-state index in [1.807, 2.05) is 14.1 Å². The van der Waals surface area contributed by atoms with Crippen LogP contribution in [-0.2, 0) is 0 Å². The number of benzene rings is 1. The zero-order valence-electron chi connectivity index (χ0n) is 19.3. The van der Waals surface area contributed by atoms with Crippen molar-refractivity contribution in [1.82, 2.24) is 10.6 Å². The van der Waals surface area contributed by atoms with E-state index in [-0.39, 0.29) is 32.7 Å². The molecule has 0 aromatic heterocycles. The van der Waals surface area contributed by atoms with Crippen molar-refractivity contribution >= 4 is 35.3 Å². The van der Waals surface area contributed by atoms with Crippen molar-refractivity contribution in [1.29, 1.82) is 16.2 Å². The first-order valence-corrected chi connectivity index (χ1v) is 10.7. The van der Waals surface area contributed by atoms with Crippen molar-refractivity contribution in [2.45, 2.75) is 56.9 Å². The number of rotatable bonds is 4. The summed E-state index contributed by atoms with van der Waals surface area (Å²) in [4.78, 5) is 0. The molecule has 1 saturated heterocycles. The van der Waals surface area contributed by atoms with Crippen molar-refractivity contribution in [2.24, 2.45) is 5.73 Å². The highest BCUT2D eigenvalue weighted by molar-refractivity contribution is 8.14. The fourth-order valence-electron chi connectivity index (χ4n) is 3.75. The average molecular weight is 453 g/mol. The Morgan fingerprint density at radius 3 is 2.13 bits per heavy atom. The van der Waals surface area contributed by atoms with Crippen molar-refractivity contribution in [2.75, 3.05) is 14.1 Å². The van der Waals surface area contributed by atoms with Gasteiger partial charge in [-0.15, -0.1) is 11.8 Å². The van der Waals surface area contributed by atoms with Crippen molar-refractivity contribution in [3.63, 3.8) is 0 Å². The number of hydrogen-bond donors (Lipinski definition) is 7. The Morgan fingerprint density at radius 1 is 1.26 bits per heavy atom. The quantitative estimate of drug-likeness (QED) is 0.273. The largest absolute Gasteiger partial charge is 0.507 e. The number of thioether (sulfide) groups is 1. The molecule has 0 spiro atoms. The van der Waals surface area contributed by atoms with Gasteiger partial charge in [-0.1, -0.05) is 0 Å². The van der Waals surface area contributed by atoms with Crippen LogP contribution < -0.4 is 16.4 Å². The number of phenols is 1. The van der Waals surface area contributed by atoms with E-state index in [0.29, 0.717) is 11.1 Å². The Balaban J connectivity index is 0.00000165. The SMILES string of the molecule is C=N.CC1(C)CC(SC(=N)c2c(O)cc(/C(C=N)=C/N)cc2F)CC(C)(C)N1.CNC. The van der Waals surface area contributed by atoms with Crippen LogP contribution in [0.5, 0.6) is 5.75 Å². The maximum atomic E-state index is 14.6.